The number of hydrogen-bond donors (Lipinski definition) is 1. The van der Waals surface area contributed by atoms with Gasteiger partial charge in [0.25, 0.3) is 0 Å². The van der Waals surface area contributed by atoms with Crippen molar-refractivity contribution in [3.05, 3.63) is 52.5 Å². The maximum atomic E-state index is 12.2. The summed E-state index contributed by atoms with van der Waals surface area (Å²) in [6, 6.07) is 7.72. The standard InChI is InChI=1S/C16H17N3O2S/c20-15-8-13(16(21)18-9-14-2-1-7-22-14)11-19(15)10-12-3-5-17-6-4-12/h1-7,13H,8-11H2,(H,18,21)/t13-/m0/s1. The second-order valence-electron chi connectivity index (χ2n) is 5.33. The third-order valence-corrected chi connectivity index (χ3v) is 4.60. The molecular weight excluding hydrogens is 298 g/mol. The number of aromatic nitrogens is 1. The molecule has 22 heavy (non-hydrogen) atoms. The molecule has 3 rings (SSSR count). The van der Waals surface area contributed by atoms with E-state index >= 15 is 0 Å². The molecule has 0 bridgehead atoms. The van der Waals surface area contributed by atoms with Crippen LogP contribution in [0.15, 0.2) is 42.0 Å². The number of likely N-dealkylation sites (tertiary alicyclic amines) is 1. The van der Waals surface area contributed by atoms with Gasteiger partial charge < -0.3 is 10.2 Å². The van der Waals surface area contributed by atoms with E-state index in [0.29, 0.717) is 26.1 Å². The fourth-order valence-corrected chi connectivity index (χ4v) is 3.19. The molecule has 2 aromatic heterocycles. The molecule has 1 fully saturated rings. The van der Waals surface area contributed by atoms with Gasteiger partial charge in [-0.3, -0.25) is 14.6 Å². The minimum atomic E-state index is -0.255. The Hall–Kier alpha value is -2.21. The lowest BCUT2D eigenvalue weighted by Gasteiger charge is -2.16. The Morgan fingerprint density at radius 3 is 2.91 bits per heavy atom. The predicted octanol–water partition coefficient (Wildman–Crippen LogP) is 1.81. The lowest BCUT2D eigenvalue weighted by atomic mass is 10.1. The van der Waals surface area contributed by atoms with Gasteiger partial charge in [0.2, 0.25) is 11.8 Å². The van der Waals surface area contributed by atoms with Crippen LogP contribution in [0.3, 0.4) is 0 Å². The normalized spacial score (nSPS) is 17.7. The molecule has 1 N–H and O–H groups in total. The van der Waals surface area contributed by atoms with Crippen molar-refractivity contribution in [2.24, 2.45) is 5.92 Å². The summed E-state index contributed by atoms with van der Waals surface area (Å²) in [6.07, 6.45) is 3.71. The molecule has 0 aromatic carbocycles. The fraction of sp³-hybridized carbons (Fsp3) is 0.312. The first kappa shape index (κ1) is 14.7. The summed E-state index contributed by atoms with van der Waals surface area (Å²) in [5.41, 5.74) is 1.03. The Morgan fingerprint density at radius 2 is 2.18 bits per heavy atom. The van der Waals surface area contributed by atoms with Crippen molar-refractivity contribution in [1.29, 1.82) is 0 Å². The number of carbonyl (C=O) groups is 2. The molecule has 2 amide bonds. The number of amides is 2. The molecule has 0 spiro atoms. The van der Waals surface area contributed by atoms with E-state index in [1.165, 1.54) is 0 Å². The van der Waals surface area contributed by atoms with E-state index in [-0.39, 0.29) is 17.7 Å². The van der Waals surface area contributed by atoms with Gasteiger partial charge >= 0.3 is 0 Å². The van der Waals surface area contributed by atoms with Crippen molar-refractivity contribution in [1.82, 2.24) is 15.2 Å². The van der Waals surface area contributed by atoms with Crippen LogP contribution in [-0.4, -0.2) is 28.2 Å². The maximum absolute atomic E-state index is 12.2. The van der Waals surface area contributed by atoms with Gasteiger partial charge in [0.1, 0.15) is 0 Å². The Balaban J connectivity index is 1.53. The van der Waals surface area contributed by atoms with Gasteiger partial charge in [-0.25, -0.2) is 0 Å². The van der Waals surface area contributed by atoms with Crippen LogP contribution >= 0.6 is 11.3 Å². The smallest absolute Gasteiger partial charge is 0.225 e. The molecule has 1 aliphatic heterocycles. The Kier molecular flexibility index (Phi) is 4.48. The van der Waals surface area contributed by atoms with Crippen molar-refractivity contribution < 1.29 is 9.59 Å². The lowest BCUT2D eigenvalue weighted by molar-refractivity contribution is -0.129. The van der Waals surface area contributed by atoms with Gasteiger partial charge in [0, 0.05) is 36.8 Å². The molecule has 1 saturated heterocycles. The number of rotatable bonds is 5. The number of carbonyl (C=O) groups excluding carboxylic acids is 2. The topological polar surface area (TPSA) is 62.3 Å². The first-order chi connectivity index (χ1) is 10.7. The first-order valence-electron chi connectivity index (χ1n) is 7.19. The minimum absolute atomic E-state index is 0.0353. The van der Waals surface area contributed by atoms with Crippen LogP contribution in [0, 0.1) is 5.92 Å². The first-order valence-corrected chi connectivity index (χ1v) is 8.07. The van der Waals surface area contributed by atoms with Gasteiger partial charge in [0.15, 0.2) is 0 Å². The van der Waals surface area contributed by atoms with E-state index in [4.69, 9.17) is 0 Å². The molecular formula is C16H17N3O2S. The van der Waals surface area contributed by atoms with Gasteiger partial charge in [-0.05, 0) is 29.1 Å². The summed E-state index contributed by atoms with van der Waals surface area (Å²) in [7, 11) is 0. The average Bonchev–Trinajstić information content (AvgIpc) is 3.16. The predicted molar refractivity (Wildman–Crippen MR) is 83.9 cm³/mol. The molecule has 6 heteroatoms. The van der Waals surface area contributed by atoms with Gasteiger partial charge in [-0.1, -0.05) is 6.07 Å². The van der Waals surface area contributed by atoms with E-state index in [0.717, 1.165) is 10.4 Å². The molecule has 1 atom stereocenters. The molecule has 0 radical (unpaired) electrons. The van der Waals surface area contributed by atoms with Crippen LogP contribution in [0.5, 0.6) is 0 Å². The van der Waals surface area contributed by atoms with Gasteiger partial charge in [0.05, 0.1) is 12.5 Å². The largest absolute Gasteiger partial charge is 0.351 e. The number of hydrogen-bond acceptors (Lipinski definition) is 4. The van der Waals surface area contributed by atoms with Crippen molar-refractivity contribution in [3.63, 3.8) is 0 Å². The molecule has 2 aromatic rings. The van der Waals surface area contributed by atoms with Crippen LogP contribution in [-0.2, 0) is 22.7 Å². The third kappa shape index (κ3) is 3.51. The SMILES string of the molecule is O=C(NCc1cccs1)[C@H]1CC(=O)N(Cc2ccncc2)C1. The zero-order valence-corrected chi connectivity index (χ0v) is 12.9. The molecule has 0 unspecified atom stereocenters. The lowest BCUT2D eigenvalue weighted by Crippen LogP contribution is -2.32. The molecule has 0 aliphatic carbocycles. The molecule has 0 saturated carbocycles. The molecule has 1 aliphatic rings. The Bertz CT molecular complexity index is 643. The maximum Gasteiger partial charge on any atom is 0.225 e. The Labute approximate surface area is 133 Å². The van der Waals surface area contributed by atoms with E-state index in [9.17, 15) is 9.59 Å². The molecule has 3 heterocycles. The number of pyridine rings is 1. The van der Waals surface area contributed by atoms with Gasteiger partial charge in [-0.2, -0.15) is 0 Å². The number of nitrogens with one attached hydrogen (secondary N) is 1. The zero-order chi connectivity index (χ0) is 15.4. The van der Waals surface area contributed by atoms with Crippen LogP contribution < -0.4 is 5.32 Å². The molecule has 5 nitrogen and oxygen atoms in total. The number of thiophene rings is 1. The van der Waals surface area contributed by atoms with Crippen molar-refractivity contribution in [2.45, 2.75) is 19.5 Å². The Morgan fingerprint density at radius 1 is 1.36 bits per heavy atom. The highest BCUT2D eigenvalue weighted by Gasteiger charge is 2.34. The quantitative estimate of drug-likeness (QED) is 0.915. The van der Waals surface area contributed by atoms with Crippen molar-refractivity contribution >= 4 is 23.2 Å². The van der Waals surface area contributed by atoms with E-state index in [2.05, 4.69) is 10.3 Å². The summed E-state index contributed by atoms with van der Waals surface area (Å²) in [6.45, 7) is 1.55. The van der Waals surface area contributed by atoms with Crippen LogP contribution in [0.25, 0.3) is 0 Å². The van der Waals surface area contributed by atoms with E-state index < -0.39 is 0 Å². The fourth-order valence-electron chi connectivity index (χ4n) is 2.54. The highest BCUT2D eigenvalue weighted by Crippen LogP contribution is 2.20. The van der Waals surface area contributed by atoms with Crippen molar-refractivity contribution in [3.8, 4) is 0 Å². The monoisotopic (exact) mass is 315 g/mol. The molecule has 114 valence electrons. The van der Waals surface area contributed by atoms with E-state index in [1.807, 2.05) is 29.6 Å². The highest BCUT2D eigenvalue weighted by atomic mass is 32.1. The van der Waals surface area contributed by atoms with Crippen LogP contribution in [0.2, 0.25) is 0 Å². The summed E-state index contributed by atoms with van der Waals surface area (Å²) in [5.74, 6) is -0.263. The summed E-state index contributed by atoms with van der Waals surface area (Å²) < 4.78 is 0. The van der Waals surface area contributed by atoms with Crippen LogP contribution in [0.4, 0.5) is 0 Å². The highest BCUT2D eigenvalue weighted by molar-refractivity contribution is 7.09. The van der Waals surface area contributed by atoms with E-state index in [1.54, 1.807) is 28.6 Å². The van der Waals surface area contributed by atoms with Gasteiger partial charge in [-0.15, -0.1) is 11.3 Å². The third-order valence-electron chi connectivity index (χ3n) is 3.73. The summed E-state index contributed by atoms with van der Waals surface area (Å²) in [5, 5.41) is 4.90. The second-order valence-corrected chi connectivity index (χ2v) is 6.36. The number of nitrogens with zero attached hydrogens (tertiary/aromatic N) is 2. The minimum Gasteiger partial charge on any atom is -0.351 e. The summed E-state index contributed by atoms with van der Waals surface area (Å²) >= 11 is 1.61. The average molecular weight is 315 g/mol. The van der Waals surface area contributed by atoms with Crippen molar-refractivity contribution in [2.75, 3.05) is 6.54 Å². The van der Waals surface area contributed by atoms with Crippen LogP contribution in [0.1, 0.15) is 16.9 Å². The zero-order valence-electron chi connectivity index (χ0n) is 12.1. The second kappa shape index (κ2) is 6.70. The summed E-state index contributed by atoms with van der Waals surface area (Å²) in [4.78, 5) is 31.1.